The molecule has 0 N–H and O–H groups in total. The van der Waals surface area contributed by atoms with Gasteiger partial charge in [-0.25, -0.2) is 19.9 Å². The van der Waals surface area contributed by atoms with Crippen LogP contribution in [0.4, 0.5) is 0 Å². The maximum absolute atomic E-state index is 6.33. The molecule has 12 rings (SSSR count). The van der Waals surface area contributed by atoms with Crippen molar-refractivity contribution in [2.45, 2.75) is 0 Å². The van der Waals surface area contributed by atoms with E-state index >= 15 is 0 Å². The van der Waals surface area contributed by atoms with Gasteiger partial charge in [-0.3, -0.25) is 0 Å². The Bertz CT molecular complexity index is 3510. The van der Waals surface area contributed by atoms with Crippen LogP contribution in [-0.2, 0) is 0 Å². The van der Waals surface area contributed by atoms with E-state index in [1.165, 1.54) is 27.2 Å². The van der Waals surface area contributed by atoms with Crippen molar-refractivity contribution in [1.82, 2.24) is 24.5 Å². The first-order valence-electron chi connectivity index (χ1n) is 19.4. The minimum atomic E-state index is 0.597. The predicted molar refractivity (Wildman–Crippen MR) is 236 cm³/mol. The smallest absolute Gasteiger partial charge is 0.164 e. The third kappa shape index (κ3) is 5.12. The Hall–Kier alpha value is -7.96. The highest BCUT2D eigenvalue weighted by molar-refractivity contribution is 6.16. The van der Waals surface area contributed by atoms with E-state index in [0.29, 0.717) is 17.5 Å². The predicted octanol–water partition coefficient (Wildman–Crippen LogP) is 13.2. The van der Waals surface area contributed by atoms with Crippen LogP contribution in [0.2, 0.25) is 0 Å². The molecule has 8 aromatic carbocycles. The van der Waals surface area contributed by atoms with E-state index in [4.69, 9.17) is 24.4 Å². The van der Waals surface area contributed by atoms with Gasteiger partial charge in [-0.15, -0.1) is 0 Å². The normalized spacial score (nSPS) is 11.8. The third-order valence-electron chi connectivity index (χ3n) is 11.2. The van der Waals surface area contributed by atoms with Gasteiger partial charge in [-0.1, -0.05) is 133 Å². The maximum Gasteiger partial charge on any atom is 0.164 e. The van der Waals surface area contributed by atoms with E-state index in [-0.39, 0.29) is 0 Å². The zero-order chi connectivity index (χ0) is 38.2. The molecule has 0 saturated carbocycles. The summed E-state index contributed by atoms with van der Waals surface area (Å²) in [7, 11) is 0. The fraction of sp³-hybridized carbons (Fsp3) is 0. The van der Waals surface area contributed by atoms with Gasteiger partial charge in [0, 0.05) is 54.9 Å². The van der Waals surface area contributed by atoms with E-state index in [2.05, 4.69) is 162 Å². The van der Waals surface area contributed by atoms with Crippen molar-refractivity contribution in [3.8, 4) is 51.1 Å². The van der Waals surface area contributed by atoms with Crippen LogP contribution in [0.15, 0.2) is 192 Å². The third-order valence-corrected chi connectivity index (χ3v) is 11.2. The highest BCUT2D eigenvalue weighted by Crippen LogP contribution is 2.38. The fourth-order valence-electron chi connectivity index (χ4n) is 8.43. The highest BCUT2D eigenvalue weighted by atomic mass is 16.3. The van der Waals surface area contributed by atoms with Crippen molar-refractivity contribution in [1.29, 1.82) is 0 Å². The van der Waals surface area contributed by atoms with Gasteiger partial charge in [0.1, 0.15) is 11.1 Å². The Morgan fingerprint density at radius 3 is 1.55 bits per heavy atom. The second-order valence-corrected chi connectivity index (χ2v) is 14.6. The van der Waals surface area contributed by atoms with Crippen LogP contribution in [0.25, 0.3) is 117 Å². The van der Waals surface area contributed by atoms with Crippen molar-refractivity contribution in [2.24, 2.45) is 0 Å². The molecule has 6 nitrogen and oxygen atoms in total. The minimum absolute atomic E-state index is 0.597. The topological polar surface area (TPSA) is 69.6 Å². The number of para-hydroxylation sites is 3. The molecule has 0 atom stereocenters. The molecule has 0 radical (unpaired) electrons. The number of furan rings is 1. The Morgan fingerprint density at radius 2 is 0.862 bits per heavy atom. The van der Waals surface area contributed by atoms with Crippen LogP contribution in [0.1, 0.15) is 0 Å². The zero-order valence-corrected chi connectivity index (χ0v) is 31.0. The molecule has 58 heavy (non-hydrogen) atoms. The summed E-state index contributed by atoms with van der Waals surface area (Å²) in [6.45, 7) is 0. The number of benzene rings is 8. The molecule has 0 unspecified atom stereocenters. The first-order chi connectivity index (χ1) is 28.7. The quantitative estimate of drug-likeness (QED) is 0.176. The molecule has 6 heteroatoms. The van der Waals surface area contributed by atoms with Crippen LogP contribution < -0.4 is 0 Å². The molecule has 4 heterocycles. The molecule has 0 aliphatic carbocycles. The largest absolute Gasteiger partial charge is 0.454 e. The van der Waals surface area contributed by atoms with Crippen molar-refractivity contribution in [3.05, 3.63) is 188 Å². The molecular formula is C52H31N5O. The van der Waals surface area contributed by atoms with Crippen molar-refractivity contribution in [3.63, 3.8) is 0 Å². The number of pyridine rings is 1. The number of nitrogens with zero attached hydrogens (tertiary/aromatic N) is 5. The van der Waals surface area contributed by atoms with E-state index in [1.807, 2.05) is 30.3 Å². The standard InChI is InChI=1S/C52H31N5O/c1-2-12-36-31-37(26-21-32(36)11-1)52-55-50(54-51(56-52)35-27-29-38(30-28-35)57-44-18-8-5-13-39(44)40-14-6-9-19-45(40)57)34-24-22-33(23-25-34)47-41-15-3-4-16-42(41)49-48(53-47)43-17-7-10-20-46(43)58-49/h1-31H. The zero-order valence-electron chi connectivity index (χ0n) is 31.0. The lowest BCUT2D eigenvalue weighted by Crippen LogP contribution is -2.01. The van der Waals surface area contributed by atoms with Gasteiger partial charge in [-0.05, 0) is 65.4 Å². The molecule has 12 aromatic rings. The molecule has 0 aliphatic heterocycles. The lowest BCUT2D eigenvalue weighted by molar-refractivity contribution is 0.672. The summed E-state index contributed by atoms with van der Waals surface area (Å²) < 4.78 is 8.65. The molecule has 0 aliphatic rings. The summed E-state index contributed by atoms with van der Waals surface area (Å²) in [4.78, 5) is 20.5. The minimum Gasteiger partial charge on any atom is -0.454 e. The molecule has 4 aromatic heterocycles. The molecule has 0 saturated heterocycles. The second kappa shape index (κ2) is 12.8. The summed E-state index contributed by atoms with van der Waals surface area (Å²) in [5.41, 5.74) is 10.5. The Balaban J connectivity index is 0.983. The average molecular weight is 742 g/mol. The van der Waals surface area contributed by atoms with E-state index in [0.717, 1.165) is 71.9 Å². The van der Waals surface area contributed by atoms with Crippen LogP contribution in [0, 0.1) is 0 Å². The van der Waals surface area contributed by atoms with Crippen LogP contribution in [0.5, 0.6) is 0 Å². The second-order valence-electron chi connectivity index (χ2n) is 14.6. The number of hydrogen-bond acceptors (Lipinski definition) is 5. The SMILES string of the molecule is c1ccc2cc(-c3nc(-c4ccc(-c5nc6c7ccccc7oc6c6ccccc56)cc4)nc(-c4ccc(-n5c6ccccc6c6ccccc65)cc4)n3)ccc2c1. The number of aromatic nitrogens is 5. The lowest BCUT2D eigenvalue weighted by Gasteiger charge is -2.11. The summed E-state index contributed by atoms with van der Waals surface area (Å²) in [6, 6.07) is 65.1. The Labute approximate surface area is 332 Å². The van der Waals surface area contributed by atoms with Gasteiger partial charge in [0.2, 0.25) is 0 Å². The first kappa shape index (κ1) is 32.3. The number of hydrogen-bond donors (Lipinski definition) is 0. The summed E-state index contributed by atoms with van der Waals surface area (Å²) in [5.74, 6) is 1.82. The molecule has 0 amide bonds. The summed E-state index contributed by atoms with van der Waals surface area (Å²) >= 11 is 0. The van der Waals surface area contributed by atoms with Crippen LogP contribution in [0.3, 0.4) is 0 Å². The number of rotatable bonds is 5. The highest BCUT2D eigenvalue weighted by Gasteiger charge is 2.18. The molecule has 0 fully saturated rings. The van der Waals surface area contributed by atoms with Crippen LogP contribution >= 0.6 is 0 Å². The van der Waals surface area contributed by atoms with E-state index in [1.54, 1.807) is 0 Å². The molecule has 0 spiro atoms. The fourth-order valence-corrected chi connectivity index (χ4v) is 8.43. The summed E-state index contributed by atoms with van der Waals surface area (Å²) in [5, 5.41) is 7.83. The Morgan fingerprint density at radius 1 is 0.362 bits per heavy atom. The molecular weight excluding hydrogens is 711 g/mol. The van der Waals surface area contributed by atoms with Crippen molar-refractivity contribution >= 4 is 65.4 Å². The molecule has 270 valence electrons. The van der Waals surface area contributed by atoms with Crippen molar-refractivity contribution < 1.29 is 4.42 Å². The monoisotopic (exact) mass is 741 g/mol. The van der Waals surface area contributed by atoms with Gasteiger partial charge >= 0.3 is 0 Å². The number of fused-ring (bicyclic) bond motifs is 9. The average Bonchev–Trinajstić information content (AvgIpc) is 3.85. The van der Waals surface area contributed by atoms with Crippen molar-refractivity contribution in [2.75, 3.05) is 0 Å². The lowest BCUT2D eigenvalue weighted by atomic mass is 10.0. The van der Waals surface area contributed by atoms with Gasteiger partial charge in [-0.2, -0.15) is 0 Å². The molecule has 0 bridgehead atoms. The van der Waals surface area contributed by atoms with Gasteiger partial charge < -0.3 is 8.98 Å². The van der Waals surface area contributed by atoms with E-state index < -0.39 is 0 Å². The van der Waals surface area contributed by atoms with Gasteiger partial charge in [0.15, 0.2) is 23.1 Å². The first-order valence-corrected chi connectivity index (χ1v) is 19.4. The Kier molecular flexibility index (Phi) is 7.13. The van der Waals surface area contributed by atoms with E-state index in [9.17, 15) is 0 Å². The van der Waals surface area contributed by atoms with Gasteiger partial charge in [0.25, 0.3) is 0 Å². The maximum atomic E-state index is 6.33. The summed E-state index contributed by atoms with van der Waals surface area (Å²) in [6.07, 6.45) is 0. The van der Waals surface area contributed by atoms with Crippen LogP contribution in [-0.4, -0.2) is 24.5 Å². The van der Waals surface area contributed by atoms with Gasteiger partial charge in [0.05, 0.1) is 16.7 Å².